The molecule has 3 atom stereocenters. The largest absolute Gasteiger partial charge is 0.497 e. The van der Waals surface area contributed by atoms with Crippen LogP contribution in [0.5, 0.6) is 23.0 Å². The number of benzene rings is 1. The van der Waals surface area contributed by atoms with Gasteiger partial charge in [0.15, 0.2) is 17.2 Å². The van der Waals surface area contributed by atoms with Gasteiger partial charge in [0.1, 0.15) is 29.7 Å². The average Bonchev–Trinajstić information content (AvgIpc) is 2.86. The Kier molecular flexibility index (Phi) is 11.0. The summed E-state index contributed by atoms with van der Waals surface area (Å²) in [5.41, 5.74) is -0.150. The van der Waals surface area contributed by atoms with Gasteiger partial charge in [-0.25, -0.2) is 9.78 Å². The normalized spacial score (nSPS) is 13.1. The lowest BCUT2D eigenvalue weighted by atomic mass is 10.0. The van der Waals surface area contributed by atoms with E-state index >= 15 is 0 Å². The van der Waals surface area contributed by atoms with E-state index in [1.54, 1.807) is 38.3 Å². The number of carbonyl (C=O) groups is 3. The second-order valence-electron chi connectivity index (χ2n) is 8.43. The van der Waals surface area contributed by atoms with Gasteiger partial charge in [0.05, 0.1) is 14.2 Å². The second-order valence-corrected chi connectivity index (χ2v) is 8.43. The summed E-state index contributed by atoms with van der Waals surface area (Å²) < 4.78 is 32.2. The first kappa shape index (κ1) is 29.2. The molecular weight excluding hydrogens is 484 g/mol. The molecule has 1 aromatic heterocycles. The van der Waals surface area contributed by atoms with Crippen LogP contribution in [0, 0.1) is 5.92 Å². The zero-order valence-corrected chi connectivity index (χ0v) is 22.1. The lowest BCUT2D eigenvalue weighted by molar-refractivity contribution is -0.158. The number of rotatable bonds is 13. The highest BCUT2D eigenvalue weighted by atomic mass is 16.7. The van der Waals surface area contributed by atoms with Crippen molar-refractivity contribution in [2.45, 2.75) is 52.9 Å². The van der Waals surface area contributed by atoms with Crippen molar-refractivity contribution in [3.63, 3.8) is 0 Å². The van der Waals surface area contributed by atoms with Crippen LogP contribution in [0.1, 0.15) is 45.1 Å². The highest BCUT2D eigenvalue weighted by Crippen LogP contribution is 2.29. The Bertz CT molecular complexity index is 1060. The fourth-order valence-electron chi connectivity index (χ4n) is 3.33. The standard InChI is InChI=1S/C26H34N2O9/c1-15(2)23(17(4)36-20-10-8-19(32-6)9-11-20)37-26(31)16(3)28-25(30)22-24(35-14-34-18(5)29)21(33-7)12-13-27-22/h8-13,15-17,23H,14H2,1-7H3,(H,28,30)/t16-,17-,23+/m0/s1. The molecule has 1 heterocycles. The van der Waals surface area contributed by atoms with Gasteiger partial charge in [0, 0.05) is 19.2 Å². The minimum absolute atomic E-state index is 0.0362. The minimum Gasteiger partial charge on any atom is -0.497 e. The molecule has 0 bridgehead atoms. The van der Waals surface area contributed by atoms with Crippen LogP contribution in [-0.4, -0.2) is 62.1 Å². The van der Waals surface area contributed by atoms with Crippen LogP contribution in [0.15, 0.2) is 36.5 Å². The predicted molar refractivity (Wildman–Crippen MR) is 133 cm³/mol. The molecule has 11 nitrogen and oxygen atoms in total. The molecule has 0 saturated heterocycles. The van der Waals surface area contributed by atoms with E-state index in [0.717, 1.165) is 0 Å². The molecule has 2 aromatic rings. The summed E-state index contributed by atoms with van der Waals surface area (Å²) in [6.07, 6.45) is 0.288. The lowest BCUT2D eigenvalue weighted by Gasteiger charge is -2.29. The predicted octanol–water partition coefficient (Wildman–Crippen LogP) is 3.15. The number of hydrogen-bond donors (Lipinski definition) is 1. The quantitative estimate of drug-likeness (QED) is 0.312. The second kappa shape index (κ2) is 13.9. The molecule has 0 unspecified atom stereocenters. The zero-order chi connectivity index (χ0) is 27.5. The summed E-state index contributed by atoms with van der Waals surface area (Å²) in [5.74, 6) is -0.523. The Hall–Kier alpha value is -4.02. The van der Waals surface area contributed by atoms with Gasteiger partial charge in [-0.15, -0.1) is 0 Å². The van der Waals surface area contributed by atoms with Crippen molar-refractivity contribution >= 4 is 17.8 Å². The van der Waals surface area contributed by atoms with Gasteiger partial charge in [-0.05, 0) is 44.0 Å². The Labute approximate surface area is 216 Å². The number of carbonyl (C=O) groups excluding carboxylic acids is 3. The number of nitrogens with zero attached hydrogens (tertiary/aromatic N) is 1. The number of pyridine rings is 1. The summed E-state index contributed by atoms with van der Waals surface area (Å²) in [4.78, 5) is 40.9. The monoisotopic (exact) mass is 518 g/mol. The minimum atomic E-state index is -1.02. The highest BCUT2D eigenvalue weighted by Gasteiger charge is 2.30. The summed E-state index contributed by atoms with van der Waals surface area (Å²) >= 11 is 0. The summed E-state index contributed by atoms with van der Waals surface area (Å²) in [7, 11) is 2.96. The maximum Gasteiger partial charge on any atom is 0.328 e. The number of aromatic nitrogens is 1. The Balaban J connectivity index is 2.07. The number of ether oxygens (including phenoxy) is 6. The van der Waals surface area contributed by atoms with Gasteiger partial charge >= 0.3 is 11.9 Å². The van der Waals surface area contributed by atoms with Crippen LogP contribution in [0.25, 0.3) is 0 Å². The highest BCUT2D eigenvalue weighted by molar-refractivity contribution is 5.98. The van der Waals surface area contributed by atoms with E-state index in [0.29, 0.717) is 11.5 Å². The Morgan fingerprint density at radius 3 is 2.16 bits per heavy atom. The van der Waals surface area contributed by atoms with Gasteiger partial charge in [-0.1, -0.05) is 13.8 Å². The zero-order valence-electron chi connectivity index (χ0n) is 22.1. The number of hydrogen-bond acceptors (Lipinski definition) is 10. The molecule has 11 heteroatoms. The molecule has 37 heavy (non-hydrogen) atoms. The molecule has 0 saturated carbocycles. The molecule has 0 spiro atoms. The lowest BCUT2D eigenvalue weighted by Crippen LogP contribution is -2.45. The van der Waals surface area contributed by atoms with Crippen molar-refractivity contribution in [1.29, 1.82) is 0 Å². The molecule has 202 valence electrons. The van der Waals surface area contributed by atoms with Crippen molar-refractivity contribution in [3.8, 4) is 23.0 Å². The van der Waals surface area contributed by atoms with Crippen LogP contribution in [0.2, 0.25) is 0 Å². The average molecular weight is 519 g/mol. The van der Waals surface area contributed by atoms with Crippen molar-refractivity contribution in [3.05, 3.63) is 42.2 Å². The van der Waals surface area contributed by atoms with Crippen LogP contribution in [0.3, 0.4) is 0 Å². The Morgan fingerprint density at radius 2 is 1.59 bits per heavy atom. The first-order valence-electron chi connectivity index (χ1n) is 11.7. The summed E-state index contributed by atoms with van der Waals surface area (Å²) in [5, 5.41) is 2.56. The van der Waals surface area contributed by atoms with Crippen LogP contribution < -0.4 is 24.3 Å². The smallest absolute Gasteiger partial charge is 0.328 e. The fourth-order valence-corrected chi connectivity index (χ4v) is 3.33. The van der Waals surface area contributed by atoms with Gasteiger partial charge < -0.3 is 33.7 Å². The molecule has 2 rings (SSSR count). The van der Waals surface area contributed by atoms with Crippen LogP contribution in [0.4, 0.5) is 0 Å². The van der Waals surface area contributed by atoms with Crippen molar-refractivity contribution in [1.82, 2.24) is 10.3 Å². The molecule has 0 aliphatic carbocycles. The number of methoxy groups -OCH3 is 2. The van der Waals surface area contributed by atoms with E-state index in [1.807, 2.05) is 13.8 Å². The van der Waals surface area contributed by atoms with Gasteiger partial charge in [-0.3, -0.25) is 9.59 Å². The maximum atomic E-state index is 12.9. The molecule has 1 amide bonds. The van der Waals surface area contributed by atoms with Crippen molar-refractivity contribution < 1.29 is 42.8 Å². The number of nitrogens with one attached hydrogen (secondary N) is 1. The molecule has 0 fully saturated rings. The van der Waals surface area contributed by atoms with E-state index in [9.17, 15) is 14.4 Å². The molecule has 0 radical (unpaired) electrons. The summed E-state index contributed by atoms with van der Waals surface area (Å²) in [6.45, 7) is 7.88. The molecule has 0 aliphatic rings. The van der Waals surface area contributed by atoms with Gasteiger partial charge in [-0.2, -0.15) is 0 Å². The van der Waals surface area contributed by atoms with E-state index < -0.39 is 42.9 Å². The van der Waals surface area contributed by atoms with Gasteiger partial charge in [0.2, 0.25) is 6.79 Å². The van der Waals surface area contributed by atoms with E-state index in [-0.39, 0.29) is 23.1 Å². The number of amides is 1. The molecular formula is C26H34N2O9. The fraction of sp³-hybridized carbons (Fsp3) is 0.462. The summed E-state index contributed by atoms with van der Waals surface area (Å²) in [6, 6.07) is 7.53. The molecule has 1 N–H and O–H groups in total. The van der Waals surface area contributed by atoms with Crippen LogP contribution >= 0.6 is 0 Å². The first-order chi connectivity index (χ1) is 17.6. The van der Waals surface area contributed by atoms with Crippen LogP contribution in [-0.2, 0) is 19.1 Å². The maximum absolute atomic E-state index is 12.9. The topological polar surface area (TPSA) is 132 Å². The van der Waals surface area contributed by atoms with E-state index in [4.69, 9.17) is 28.4 Å². The third-order valence-corrected chi connectivity index (χ3v) is 5.22. The van der Waals surface area contributed by atoms with E-state index in [2.05, 4.69) is 10.3 Å². The third kappa shape index (κ3) is 8.55. The van der Waals surface area contributed by atoms with Crippen molar-refractivity contribution in [2.75, 3.05) is 21.0 Å². The van der Waals surface area contributed by atoms with E-state index in [1.165, 1.54) is 33.2 Å². The first-order valence-corrected chi connectivity index (χ1v) is 11.7. The SMILES string of the molecule is COc1ccc(O[C@@H](C)[C@H](OC(=O)[C@H](C)NC(=O)c2nccc(OC)c2OCOC(C)=O)C(C)C)cc1. The Morgan fingerprint density at radius 1 is 0.946 bits per heavy atom. The molecule has 0 aliphatic heterocycles. The third-order valence-electron chi connectivity index (χ3n) is 5.22. The number of esters is 2. The molecule has 1 aromatic carbocycles. The van der Waals surface area contributed by atoms with Crippen molar-refractivity contribution in [2.24, 2.45) is 5.92 Å². The van der Waals surface area contributed by atoms with Gasteiger partial charge in [0.25, 0.3) is 5.91 Å².